The molecule has 5 aromatic rings. The van der Waals surface area contributed by atoms with Gasteiger partial charge in [-0.15, -0.1) is 0 Å². The minimum absolute atomic E-state index is 0.0539. The van der Waals surface area contributed by atoms with Gasteiger partial charge in [-0.1, -0.05) is 91.0 Å². The number of hydrogen-bond acceptors (Lipinski definition) is 10. The van der Waals surface area contributed by atoms with Crippen LogP contribution >= 0.6 is 0 Å². The first-order chi connectivity index (χ1) is 31.7. The highest BCUT2D eigenvalue weighted by Gasteiger charge is 2.72. The molecule has 10 aliphatic heterocycles. The summed E-state index contributed by atoms with van der Waals surface area (Å²) in [6, 6.07) is 40.6. The van der Waals surface area contributed by atoms with Gasteiger partial charge < -0.3 is 26.6 Å². The molecule has 10 heteroatoms. The lowest BCUT2D eigenvalue weighted by Gasteiger charge is -2.48. The van der Waals surface area contributed by atoms with Gasteiger partial charge in [-0.05, 0) is 124 Å². The van der Waals surface area contributed by atoms with E-state index < -0.39 is 0 Å². The molecule has 10 nitrogen and oxygen atoms in total. The predicted octanol–water partition coefficient (Wildman–Crippen LogP) is 7.16. The zero-order valence-corrected chi connectivity index (χ0v) is 38.5. The topological polar surface area (TPSA) is 76.4 Å². The largest absolute Gasteiger partial charge is 0.369 e. The zero-order chi connectivity index (χ0) is 43.4. The summed E-state index contributed by atoms with van der Waals surface area (Å²) in [5.41, 5.74) is 17.8. The van der Waals surface area contributed by atoms with Crippen LogP contribution < -0.4 is 26.6 Å². The monoisotopic (exact) mass is 863 g/mol. The number of fused-ring (bicyclic) bond motifs is 16. The van der Waals surface area contributed by atoms with E-state index in [1.165, 1.54) is 72.9 Å². The fourth-order valence-corrected chi connectivity index (χ4v) is 17.3. The van der Waals surface area contributed by atoms with Crippen LogP contribution in [0.4, 0.5) is 28.4 Å². The molecule has 65 heavy (non-hydrogen) atoms. The van der Waals surface area contributed by atoms with Gasteiger partial charge in [-0.25, -0.2) is 0 Å². The van der Waals surface area contributed by atoms with Crippen molar-refractivity contribution in [1.82, 2.24) is 24.5 Å². The van der Waals surface area contributed by atoms with E-state index in [4.69, 9.17) is 0 Å². The van der Waals surface area contributed by atoms with Crippen LogP contribution in [-0.4, -0.2) is 123 Å². The van der Waals surface area contributed by atoms with Crippen LogP contribution in [0.5, 0.6) is 0 Å². The first-order valence-corrected chi connectivity index (χ1v) is 24.6. The molecule has 0 aromatic heterocycles. The number of nitrogens with one attached hydrogen (secondary N) is 5. The van der Waals surface area contributed by atoms with Crippen LogP contribution in [0.15, 0.2) is 103 Å². The van der Waals surface area contributed by atoms with Crippen LogP contribution in [0.25, 0.3) is 0 Å². The summed E-state index contributed by atoms with van der Waals surface area (Å²) in [4.78, 5) is 13.0. The molecule has 5 aromatic carbocycles. The summed E-state index contributed by atoms with van der Waals surface area (Å²) in [5.74, 6) is 0. The Morgan fingerprint density at radius 3 is 1.15 bits per heavy atom. The molecule has 10 heterocycles. The number of nitrogens with zero attached hydrogens (tertiary/aromatic N) is 5. The van der Waals surface area contributed by atoms with Crippen molar-refractivity contribution in [3.63, 3.8) is 0 Å². The average Bonchev–Trinajstić information content (AvgIpc) is 4.21. The second-order valence-corrected chi connectivity index (χ2v) is 22.0. The molecular formula is C55H62N10. The molecule has 10 aliphatic rings. The third-order valence-corrected chi connectivity index (χ3v) is 19.9. The molecule has 15 rings (SSSR count). The molecule has 5 fully saturated rings. The van der Waals surface area contributed by atoms with E-state index in [1.54, 1.807) is 0 Å². The molecule has 0 spiro atoms. The third kappa shape index (κ3) is 4.09. The lowest BCUT2D eigenvalue weighted by Crippen LogP contribution is -2.60. The van der Waals surface area contributed by atoms with Gasteiger partial charge in [0.2, 0.25) is 0 Å². The Morgan fingerprint density at radius 1 is 0.323 bits per heavy atom. The SMILES string of the molecule is CN1CC[C@]2(c3cccc4c3N[C@@H]3N(C)CC[C@]43c3cccc4c3N[C@@H]3N(C)CC[C@]43[C@@]34CCN(C)[C@@H]3Nc3ccccc34)c3cccc([C@]45CCN(C)[C@H]4Nc4ccccc45)c3N[C@H]12. The Balaban J connectivity index is 0.915. The van der Waals surface area contributed by atoms with E-state index in [-0.39, 0.29) is 57.9 Å². The highest BCUT2D eigenvalue weighted by molar-refractivity contribution is 5.83. The quantitative estimate of drug-likeness (QED) is 0.129. The van der Waals surface area contributed by atoms with Crippen molar-refractivity contribution in [2.75, 3.05) is 94.5 Å². The molecule has 0 aliphatic carbocycles. The van der Waals surface area contributed by atoms with E-state index in [9.17, 15) is 0 Å². The van der Waals surface area contributed by atoms with Crippen molar-refractivity contribution in [1.29, 1.82) is 0 Å². The summed E-state index contributed by atoms with van der Waals surface area (Å²) in [6.07, 6.45) is 6.50. The second kappa shape index (κ2) is 12.5. The number of rotatable bonds is 4. The lowest BCUT2D eigenvalue weighted by molar-refractivity contribution is 0.147. The molecule has 5 saturated heterocycles. The fourth-order valence-electron chi connectivity index (χ4n) is 17.3. The summed E-state index contributed by atoms with van der Waals surface area (Å²) in [5, 5.41) is 21.2. The van der Waals surface area contributed by atoms with Gasteiger partial charge >= 0.3 is 0 Å². The summed E-state index contributed by atoms with van der Waals surface area (Å²) in [6.45, 7) is 5.34. The fraction of sp³-hybridized carbons (Fsp3) is 0.455. The Morgan fingerprint density at radius 2 is 0.631 bits per heavy atom. The summed E-state index contributed by atoms with van der Waals surface area (Å²) >= 11 is 0. The number of benzene rings is 5. The first kappa shape index (κ1) is 38.1. The molecule has 0 unspecified atom stereocenters. The number of anilines is 5. The van der Waals surface area contributed by atoms with Gasteiger partial charge in [-0.2, -0.15) is 0 Å². The number of likely N-dealkylation sites (tertiary alicyclic amines) is 5. The maximum Gasteiger partial charge on any atom is 0.0933 e. The number of likely N-dealkylation sites (N-methyl/N-ethyl adjacent to an activating group) is 5. The maximum atomic E-state index is 4.41. The average molecular weight is 863 g/mol. The van der Waals surface area contributed by atoms with Crippen molar-refractivity contribution in [3.8, 4) is 0 Å². The third-order valence-electron chi connectivity index (χ3n) is 19.9. The molecule has 10 atom stereocenters. The summed E-state index contributed by atoms with van der Waals surface area (Å²) < 4.78 is 0. The smallest absolute Gasteiger partial charge is 0.0933 e. The molecule has 332 valence electrons. The van der Waals surface area contributed by atoms with E-state index in [0.29, 0.717) is 0 Å². The standard InChI is InChI=1S/C55H62N10/c1-61-28-23-51(33-13-6-8-21-41(33)56-46(51)61)35-15-10-16-36-43(35)58-47-52(36,24-29-62(47)2)37-17-11-18-38-44(37)59-48-53(38,25-30-63(48)3)39-19-12-20-40-45(39)60-50-55(40,27-32-65(50)5)54-26-31-64(4)49(54)57-42-22-9-7-14-34(42)54/h6-22,46-50,56-60H,23-32H2,1-5H3/t46-,47-,48-,49+,50-,51-,52-,53-,54-,55+/m1/s1. The molecule has 5 N–H and O–H groups in total. The molecule has 0 radical (unpaired) electrons. The van der Waals surface area contributed by atoms with Crippen molar-refractivity contribution < 1.29 is 0 Å². The van der Waals surface area contributed by atoms with E-state index in [2.05, 4.69) is 189 Å². The second-order valence-electron chi connectivity index (χ2n) is 22.0. The van der Waals surface area contributed by atoms with E-state index >= 15 is 0 Å². The van der Waals surface area contributed by atoms with Gasteiger partial charge in [-0.3, -0.25) is 24.5 Å². The van der Waals surface area contributed by atoms with Crippen LogP contribution in [0.3, 0.4) is 0 Å². The van der Waals surface area contributed by atoms with Crippen LogP contribution in [-0.2, 0) is 27.1 Å². The van der Waals surface area contributed by atoms with E-state index in [0.717, 1.165) is 64.8 Å². The zero-order valence-electron chi connectivity index (χ0n) is 38.5. The van der Waals surface area contributed by atoms with Crippen molar-refractivity contribution in [3.05, 3.63) is 148 Å². The highest BCUT2D eigenvalue weighted by atomic mass is 15.4. The summed E-state index contributed by atoms with van der Waals surface area (Å²) in [7, 11) is 11.7. The van der Waals surface area contributed by atoms with Crippen LogP contribution in [0.2, 0.25) is 0 Å². The van der Waals surface area contributed by atoms with Gasteiger partial charge in [0.05, 0.1) is 47.1 Å². The minimum atomic E-state index is -0.223. The van der Waals surface area contributed by atoms with Gasteiger partial charge in [0, 0.05) is 72.0 Å². The van der Waals surface area contributed by atoms with E-state index in [1.807, 2.05) is 0 Å². The van der Waals surface area contributed by atoms with Crippen molar-refractivity contribution in [2.24, 2.45) is 0 Å². The maximum absolute atomic E-state index is 4.41. The molecular weight excluding hydrogens is 801 g/mol. The van der Waals surface area contributed by atoms with Gasteiger partial charge in [0.1, 0.15) is 0 Å². The Hall–Kier alpha value is -5.10. The minimum Gasteiger partial charge on any atom is -0.369 e. The predicted molar refractivity (Wildman–Crippen MR) is 261 cm³/mol. The molecule has 0 saturated carbocycles. The normalized spacial score (nSPS) is 38.1. The lowest BCUT2D eigenvalue weighted by atomic mass is 9.54. The Labute approximate surface area is 383 Å². The van der Waals surface area contributed by atoms with Crippen molar-refractivity contribution in [2.45, 2.75) is 90.0 Å². The molecule has 0 amide bonds. The van der Waals surface area contributed by atoms with Crippen LogP contribution in [0.1, 0.15) is 76.6 Å². The van der Waals surface area contributed by atoms with Gasteiger partial charge in [0.25, 0.3) is 0 Å². The first-order valence-electron chi connectivity index (χ1n) is 24.6. The van der Waals surface area contributed by atoms with Crippen LogP contribution in [0, 0.1) is 0 Å². The Kier molecular flexibility index (Phi) is 7.29. The number of para-hydroxylation sites is 5. The van der Waals surface area contributed by atoms with Crippen molar-refractivity contribution >= 4 is 28.4 Å². The Bertz CT molecular complexity index is 2880. The highest BCUT2D eigenvalue weighted by Crippen LogP contribution is 2.69. The molecule has 0 bridgehead atoms. The van der Waals surface area contributed by atoms with Gasteiger partial charge in [0.15, 0.2) is 0 Å². The number of hydrogen-bond donors (Lipinski definition) is 5.